The molecule has 1 aliphatic rings. The highest BCUT2D eigenvalue weighted by molar-refractivity contribution is 5.74. The van der Waals surface area contributed by atoms with Crippen molar-refractivity contribution < 1.29 is 9.53 Å². The molecule has 1 fully saturated rings. The highest BCUT2D eigenvalue weighted by atomic mass is 16.5. The van der Waals surface area contributed by atoms with Crippen LogP contribution in [-0.2, 0) is 6.54 Å². The van der Waals surface area contributed by atoms with E-state index in [4.69, 9.17) is 4.74 Å². The van der Waals surface area contributed by atoms with Crippen molar-refractivity contribution in [2.45, 2.75) is 38.8 Å². The smallest absolute Gasteiger partial charge is 0.317 e. The number of piperidine rings is 1. The van der Waals surface area contributed by atoms with E-state index in [2.05, 4.69) is 12.2 Å². The summed E-state index contributed by atoms with van der Waals surface area (Å²) in [6.07, 6.45) is 3.44. The van der Waals surface area contributed by atoms with Crippen LogP contribution in [0, 0.1) is 0 Å². The van der Waals surface area contributed by atoms with Crippen LogP contribution in [0.3, 0.4) is 0 Å². The van der Waals surface area contributed by atoms with Gasteiger partial charge < -0.3 is 15.0 Å². The van der Waals surface area contributed by atoms with Crippen LogP contribution in [0.15, 0.2) is 24.3 Å². The van der Waals surface area contributed by atoms with Gasteiger partial charge in [0.15, 0.2) is 0 Å². The van der Waals surface area contributed by atoms with E-state index < -0.39 is 0 Å². The molecule has 1 aromatic carbocycles. The molecule has 0 aromatic heterocycles. The number of rotatable bonds is 3. The van der Waals surface area contributed by atoms with Crippen LogP contribution in [-0.4, -0.2) is 30.6 Å². The summed E-state index contributed by atoms with van der Waals surface area (Å²) in [5, 5.41) is 2.98. The van der Waals surface area contributed by atoms with Gasteiger partial charge in [0, 0.05) is 19.1 Å². The second-order valence-electron chi connectivity index (χ2n) is 5.04. The van der Waals surface area contributed by atoms with Gasteiger partial charge in [-0.3, -0.25) is 0 Å². The summed E-state index contributed by atoms with van der Waals surface area (Å²) in [5.41, 5.74) is 1.08. The van der Waals surface area contributed by atoms with Crippen LogP contribution in [0.5, 0.6) is 5.75 Å². The number of ether oxygens (including phenoxy) is 1. The molecule has 1 atom stereocenters. The summed E-state index contributed by atoms with van der Waals surface area (Å²) < 4.78 is 5.11. The third-order valence-electron chi connectivity index (χ3n) is 3.67. The van der Waals surface area contributed by atoms with E-state index in [1.807, 2.05) is 29.2 Å². The second-order valence-corrected chi connectivity index (χ2v) is 5.04. The maximum atomic E-state index is 12.1. The predicted octanol–water partition coefficient (Wildman–Crippen LogP) is 2.78. The first-order chi connectivity index (χ1) is 9.20. The molecule has 104 valence electrons. The molecular weight excluding hydrogens is 240 g/mol. The number of hydrogen-bond acceptors (Lipinski definition) is 2. The van der Waals surface area contributed by atoms with Crippen molar-refractivity contribution in [1.82, 2.24) is 10.2 Å². The van der Waals surface area contributed by atoms with Crippen LogP contribution >= 0.6 is 0 Å². The molecule has 0 aliphatic carbocycles. The van der Waals surface area contributed by atoms with Gasteiger partial charge in [0.2, 0.25) is 0 Å². The van der Waals surface area contributed by atoms with Crippen LogP contribution in [0.2, 0.25) is 0 Å². The molecule has 19 heavy (non-hydrogen) atoms. The van der Waals surface area contributed by atoms with Crippen molar-refractivity contribution in [3.05, 3.63) is 29.8 Å². The van der Waals surface area contributed by atoms with E-state index >= 15 is 0 Å². The van der Waals surface area contributed by atoms with Crippen LogP contribution < -0.4 is 10.1 Å². The number of nitrogens with one attached hydrogen (secondary N) is 1. The van der Waals surface area contributed by atoms with Crippen molar-refractivity contribution in [3.8, 4) is 5.75 Å². The first kappa shape index (κ1) is 13.7. The molecule has 2 rings (SSSR count). The van der Waals surface area contributed by atoms with Gasteiger partial charge in [-0.15, -0.1) is 0 Å². The summed E-state index contributed by atoms with van der Waals surface area (Å²) in [7, 11) is 1.65. The minimum Gasteiger partial charge on any atom is -0.497 e. The van der Waals surface area contributed by atoms with Gasteiger partial charge in [-0.1, -0.05) is 12.1 Å². The van der Waals surface area contributed by atoms with Crippen LogP contribution in [0.1, 0.15) is 31.7 Å². The van der Waals surface area contributed by atoms with E-state index in [9.17, 15) is 4.79 Å². The highest BCUT2D eigenvalue weighted by Gasteiger charge is 2.22. The summed E-state index contributed by atoms with van der Waals surface area (Å²) in [6, 6.07) is 8.15. The second kappa shape index (κ2) is 6.45. The molecule has 4 heteroatoms. The first-order valence-electron chi connectivity index (χ1n) is 6.88. The van der Waals surface area contributed by atoms with Crippen molar-refractivity contribution in [2.24, 2.45) is 0 Å². The van der Waals surface area contributed by atoms with Crippen molar-refractivity contribution in [3.63, 3.8) is 0 Å². The lowest BCUT2D eigenvalue weighted by molar-refractivity contribution is 0.158. The average Bonchev–Trinajstić information content (AvgIpc) is 2.46. The number of carbonyl (C=O) groups is 1. The minimum absolute atomic E-state index is 0.0445. The number of nitrogens with zero attached hydrogens (tertiary/aromatic N) is 1. The van der Waals surface area contributed by atoms with E-state index in [0.717, 1.165) is 30.7 Å². The molecule has 0 bridgehead atoms. The predicted molar refractivity (Wildman–Crippen MR) is 75.2 cm³/mol. The fourth-order valence-corrected chi connectivity index (χ4v) is 2.42. The lowest BCUT2D eigenvalue weighted by Gasteiger charge is -2.33. The van der Waals surface area contributed by atoms with Gasteiger partial charge >= 0.3 is 6.03 Å². The lowest BCUT2D eigenvalue weighted by Crippen LogP contribution is -2.47. The standard InChI is InChI=1S/C15H22N2O2/c1-12-5-3-4-10-17(12)15(18)16-11-13-6-8-14(19-2)9-7-13/h6-9,12H,3-5,10-11H2,1-2H3,(H,16,18). The Morgan fingerprint density at radius 2 is 2.11 bits per heavy atom. The third-order valence-corrected chi connectivity index (χ3v) is 3.67. The largest absolute Gasteiger partial charge is 0.497 e. The molecule has 0 spiro atoms. The van der Waals surface area contributed by atoms with E-state index in [0.29, 0.717) is 12.6 Å². The Kier molecular flexibility index (Phi) is 4.66. The Labute approximate surface area is 114 Å². The van der Waals surface area contributed by atoms with Crippen molar-refractivity contribution >= 4 is 6.03 Å². The Bertz CT molecular complexity index is 417. The SMILES string of the molecule is COc1ccc(CNC(=O)N2CCCCC2C)cc1. The average molecular weight is 262 g/mol. The monoisotopic (exact) mass is 262 g/mol. The Morgan fingerprint density at radius 3 is 2.74 bits per heavy atom. The number of hydrogen-bond donors (Lipinski definition) is 1. The van der Waals surface area contributed by atoms with Crippen LogP contribution in [0.25, 0.3) is 0 Å². The molecule has 0 radical (unpaired) electrons. The number of urea groups is 1. The first-order valence-corrected chi connectivity index (χ1v) is 6.88. The molecule has 1 aromatic rings. The maximum absolute atomic E-state index is 12.1. The Balaban J connectivity index is 1.85. The maximum Gasteiger partial charge on any atom is 0.317 e. The van der Waals surface area contributed by atoms with Crippen LogP contribution in [0.4, 0.5) is 4.79 Å². The third kappa shape index (κ3) is 3.63. The van der Waals surface area contributed by atoms with Gasteiger partial charge in [0.05, 0.1) is 7.11 Å². The molecule has 1 heterocycles. The molecule has 1 unspecified atom stereocenters. The summed E-state index contributed by atoms with van der Waals surface area (Å²) >= 11 is 0. The zero-order valence-corrected chi connectivity index (χ0v) is 11.7. The summed E-state index contributed by atoms with van der Waals surface area (Å²) in [5.74, 6) is 0.833. The fourth-order valence-electron chi connectivity index (χ4n) is 2.42. The van der Waals surface area contributed by atoms with Gasteiger partial charge in [0.1, 0.15) is 5.75 Å². The molecule has 1 aliphatic heterocycles. The quantitative estimate of drug-likeness (QED) is 0.910. The van der Waals surface area contributed by atoms with Gasteiger partial charge in [0.25, 0.3) is 0 Å². The molecule has 2 amide bonds. The summed E-state index contributed by atoms with van der Waals surface area (Å²) in [4.78, 5) is 14.0. The zero-order valence-electron chi connectivity index (χ0n) is 11.7. The molecule has 1 saturated heterocycles. The molecule has 4 nitrogen and oxygen atoms in total. The molecular formula is C15H22N2O2. The van der Waals surface area contributed by atoms with E-state index in [1.165, 1.54) is 6.42 Å². The van der Waals surface area contributed by atoms with Crippen molar-refractivity contribution in [2.75, 3.05) is 13.7 Å². The zero-order chi connectivity index (χ0) is 13.7. The van der Waals surface area contributed by atoms with Gasteiger partial charge in [-0.05, 0) is 43.9 Å². The van der Waals surface area contributed by atoms with E-state index in [-0.39, 0.29) is 6.03 Å². The summed E-state index contributed by atoms with van der Waals surface area (Å²) in [6.45, 7) is 3.55. The Hall–Kier alpha value is -1.71. The molecule has 1 N–H and O–H groups in total. The lowest BCUT2D eigenvalue weighted by atomic mass is 10.0. The topological polar surface area (TPSA) is 41.6 Å². The fraction of sp³-hybridized carbons (Fsp3) is 0.533. The Morgan fingerprint density at radius 1 is 1.37 bits per heavy atom. The van der Waals surface area contributed by atoms with E-state index in [1.54, 1.807) is 7.11 Å². The number of carbonyl (C=O) groups excluding carboxylic acids is 1. The number of amides is 2. The number of methoxy groups -OCH3 is 1. The normalized spacial score (nSPS) is 19.1. The minimum atomic E-state index is 0.0445. The number of benzene rings is 1. The van der Waals surface area contributed by atoms with Gasteiger partial charge in [-0.25, -0.2) is 4.79 Å². The number of likely N-dealkylation sites (tertiary alicyclic amines) is 1. The van der Waals surface area contributed by atoms with Crippen molar-refractivity contribution in [1.29, 1.82) is 0 Å². The molecule has 0 saturated carbocycles. The van der Waals surface area contributed by atoms with Gasteiger partial charge in [-0.2, -0.15) is 0 Å². The highest BCUT2D eigenvalue weighted by Crippen LogP contribution is 2.16.